The molecule has 2 aromatic carbocycles. The zero-order valence-corrected chi connectivity index (χ0v) is 16.8. The highest BCUT2D eigenvalue weighted by atomic mass is 16.7. The number of aromatic amines is 1. The second-order valence-electron chi connectivity index (χ2n) is 7.23. The third-order valence-electron chi connectivity index (χ3n) is 5.29. The van der Waals surface area contributed by atoms with Gasteiger partial charge in [0, 0.05) is 5.56 Å². The molecule has 2 aliphatic rings. The third kappa shape index (κ3) is 3.20. The monoisotopic (exact) mass is 416 g/mol. The van der Waals surface area contributed by atoms with Crippen LogP contribution in [0.2, 0.25) is 0 Å². The number of nitrogens with zero attached hydrogens (tertiary/aromatic N) is 2. The normalized spacial score (nSPS) is 16.5. The molecule has 3 heterocycles. The first-order valence-electron chi connectivity index (χ1n) is 9.98. The van der Waals surface area contributed by atoms with E-state index in [1.54, 1.807) is 0 Å². The quantitative estimate of drug-likeness (QED) is 0.650. The number of benzene rings is 2. The smallest absolute Gasteiger partial charge is 0.244 e. The van der Waals surface area contributed by atoms with Crippen molar-refractivity contribution in [1.82, 2.24) is 10.2 Å². The summed E-state index contributed by atoms with van der Waals surface area (Å²) in [7, 11) is 0. The molecule has 1 aromatic heterocycles. The number of nitrogens with one attached hydrogen (secondary N) is 1. The minimum absolute atomic E-state index is 0.0510. The Morgan fingerprint density at radius 3 is 2.77 bits per heavy atom. The van der Waals surface area contributed by atoms with Gasteiger partial charge in [0.05, 0.1) is 23.8 Å². The molecule has 0 saturated heterocycles. The first-order chi connectivity index (χ1) is 15.2. The van der Waals surface area contributed by atoms with Crippen LogP contribution in [0.4, 0.5) is 0 Å². The number of ether oxygens (including phenoxy) is 4. The summed E-state index contributed by atoms with van der Waals surface area (Å²) < 4.78 is 22.3. The third-order valence-corrected chi connectivity index (χ3v) is 5.29. The first-order valence-corrected chi connectivity index (χ1v) is 9.98. The summed E-state index contributed by atoms with van der Waals surface area (Å²) in [5, 5.41) is 17.2. The molecule has 0 amide bonds. The van der Waals surface area contributed by atoms with Gasteiger partial charge in [0.25, 0.3) is 0 Å². The Bertz CT molecular complexity index is 1210. The van der Waals surface area contributed by atoms with E-state index in [4.69, 9.17) is 24.7 Å². The van der Waals surface area contributed by atoms with Crippen LogP contribution >= 0.6 is 0 Å². The zero-order valence-electron chi connectivity index (χ0n) is 16.8. The summed E-state index contributed by atoms with van der Waals surface area (Å²) in [5.41, 5.74) is 9.60. The van der Waals surface area contributed by atoms with Crippen LogP contribution in [0.5, 0.6) is 23.1 Å². The average Bonchev–Trinajstić information content (AvgIpc) is 3.43. The van der Waals surface area contributed by atoms with Gasteiger partial charge in [-0.3, -0.25) is 5.10 Å². The van der Waals surface area contributed by atoms with E-state index in [0.717, 1.165) is 34.6 Å². The highest BCUT2D eigenvalue weighted by Crippen LogP contribution is 2.47. The minimum atomic E-state index is -0.437. The Hall–Kier alpha value is -4.12. The molecule has 156 valence electrons. The van der Waals surface area contributed by atoms with E-state index in [2.05, 4.69) is 23.2 Å². The van der Waals surface area contributed by atoms with Gasteiger partial charge in [0.2, 0.25) is 18.6 Å². The lowest BCUT2D eigenvalue weighted by Gasteiger charge is -2.24. The fourth-order valence-electron chi connectivity index (χ4n) is 3.83. The molecule has 31 heavy (non-hydrogen) atoms. The Morgan fingerprint density at radius 1 is 1.19 bits per heavy atom. The second-order valence-corrected chi connectivity index (χ2v) is 7.23. The maximum absolute atomic E-state index is 9.86. The van der Waals surface area contributed by atoms with Gasteiger partial charge < -0.3 is 24.7 Å². The first kappa shape index (κ1) is 18.9. The molecule has 5 rings (SSSR count). The summed E-state index contributed by atoms with van der Waals surface area (Å²) >= 11 is 0. The van der Waals surface area contributed by atoms with Gasteiger partial charge in [0.1, 0.15) is 17.4 Å². The van der Waals surface area contributed by atoms with Crippen LogP contribution in [-0.4, -0.2) is 23.6 Å². The van der Waals surface area contributed by atoms with Crippen molar-refractivity contribution in [3.8, 4) is 40.5 Å². The molecule has 1 unspecified atom stereocenters. The van der Waals surface area contributed by atoms with Crippen molar-refractivity contribution >= 4 is 0 Å². The maximum atomic E-state index is 9.86. The van der Waals surface area contributed by atoms with Crippen LogP contribution < -0.4 is 24.7 Å². The molecular formula is C23H20N4O4. The van der Waals surface area contributed by atoms with E-state index in [-0.39, 0.29) is 12.7 Å². The summed E-state index contributed by atoms with van der Waals surface area (Å²) in [5.74, 6) is 2.08. The highest BCUT2D eigenvalue weighted by Gasteiger charge is 2.35. The lowest BCUT2D eigenvalue weighted by molar-refractivity contribution is 0.174. The van der Waals surface area contributed by atoms with E-state index < -0.39 is 5.92 Å². The number of H-pyrrole nitrogens is 1. The van der Waals surface area contributed by atoms with Gasteiger partial charge in [-0.2, -0.15) is 5.26 Å². The van der Waals surface area contributed by atoms with Crippen molar-refractivity contribution < 1.29 is 18.9 Å². The van der Waals surface area contributed by atoms with Crippen molar-refractivity contribution in [2.45, 2.75) is 19.3 Å². The molecule has 8 heteroatoms. The average molecular weight is 416 g/mol. The van der Waals surface area contributed by atoms with Crippen LogP contribution in [0.3, 0.4) is 0 Å². The predicted molar refractivity (Wildman–Crippen MR) is 112 cm³/mol. The summed E-state index contributed by atoms with van der Waals surface area (Å²) in [4.78, 5) is 0. The number of rotatable bonds is 5. The number of fused-ring (bicyclic) bond motifs is 2. The summed E-state index contributed by atoms with van der Waals surface area (Å²) in [6.07, 6.45) is 0.927. The zero-order chi connectivity index (χ0) is 21.4. The van der Waals surface area contributed by atoms with Crippen LogP contribution in [0.15, 0.2) is 53.9 Å². The second kappa shape index (κ2) is 7.61. The Balaban J connectivity index is 1.60. The number of aromatic nitrogens is 2. The van der Waals surface area contributed by atoms with E-state index in [1.165, 1.54) is 0 Å². The predicted octanol–water partition coefficient (Wildman–Crippen LogP) is 3.81. The molecule has 8 nitrogen and oxygen atoms in total. The number of allylic oxidation sites excluding steroid dienone is 1. The summed E-state index contributed by atoms with van der Waals surface area (Å²) in [6, 6.07) is 15.5. The molecule has 0 saturated carbocycles. The van der Waals surface area contributed by atoms with Crippen molar-refractivity contribution in [3.05, 3.63) is 65.0 Å². The number of hydrogen-bond donors (Lipinski definition) is 2. The van der Waals surface area contributed by atoms with Crippen molar-refractivity contribution in [2.75, 3.05) is 13.4 Å². The molecule has 0 aliphatic carbocycles. The molecule has 3 N–H and O–H groups in total. The van der Waals surface area contributed by atoms with Crippen LogP contribution in [0.1, 0.15) is 30.4 Å². The maximum Gasteiger partial charge on any atom is 0.244 e. The largest absolute Gasteiger partial charge is 0.494 e. The molecule has 0 bridgehead atoms. The van der Waals surface area contributed by atoms with E-state index in [0.29, 0.717) is 29.6 Å². The topological polar surface area (TPSA) is 115 Å². The van der Waals surface area contributed by atoms with Crippen molar-refractivity contribution in [3.63, 3.8) is 0 Å². The fourth-order valence-corrected chi connectivity index (χ4v) is 3.83. The lowest BCUT2D eigenvalue weighted by Crippen LogP contribution is -2.21. The fraction of sp³-hybridized carbons (Fsp3) is 0.217. The van der Waals surface area contributed by atoms with Gasteiger partial charge in [0.15, 0.2) is 11.5 Å². The number of nitriles is 1. The van der Waals surface area contributed by atoms with Crippen molar-refractivity contribution in [1.29, 1.82) is 5.26 Å². The lowest BCUT2D eigenvalue weighted by atomic mass is 9.83. The van der Waals surface area contributed by atoms with E-state index in [1.807, 2.05) is 42.5 Å². The number of hydrogen-bond acceptors (Lipinski definition) is 7. The Labute approximate surface area is 178 Å². The van der Waals surface area contributed by atoms with Crippen LogP contribution in [-0.2, 0) is 0 Å². The molecule has 0 radical (unpaired) electrons. The molecule has 0 fully saturated rings. The highest BCUT2D eigenvalue weighted by molar-refractivity contribution is 5.73. The molecule has 3 aromatic rings. The van der Waals surface area contributed by atoms with Gasteiger partial charge in [-0.15, -0.1) is 5.10 Å². The molecule has 1 atom stereocenters. The van der Waals surface area contributed by atoms with Gasteiger partial charge in [-0.25, -0.2) is 0 Å². The Kier molecular flexibility index (Phi) is 4.64. The van der Waals surface area contributed by atoms with E-state index in [9.17, 15) is 5.26 Å². The van der Waals surface area contributed by atoms with Crippen LogP contribution in [0.25, 0.3) is 11.3 Å². The van der Waals surface area contributed by atoms with Gasteiger partial charge in [-0.1, -0.05) is 19.1 Å². The molecule has 0 spiro atoms. The standard InChI is InChI=1S/C23H20N4O4/c1-2-9-28-15-6-3-13(4-7-15)19-16(11-24)22(25)31-23-20(19)21(26-27-23)14-5-8-17-18(10-14)30-12-29-17/h3-8,10,19H,2,9,12,25H2,1H3,(H,26,27). The summed E-state index contributed by atoms with van der Waals surface area (Å²) in [6.45, 7) is 2.89. The Morgan fingerprint density at radius 2 is 2.00 bits per heavy atom. The van der Waals surface area contributed by atoms with Crippen LogP contribution in [0, 0.1) is 11.3 Å². The van der Waals surface area contributed by atoms with E-state index >= 15 is 0 Å². The van der Waals surface area contributed by atoms with Gasteiger partial charge >= 0.3 is 0 Å². The van der Waals surface area contributed by atoms with Crippen molar-refractivity contribution in [2.24, 2.45) is 5.73 Å². The number of nitrogens with two attached hydrogens (primary N) is 1. The minimum Gasteiger partial charge on any atom is -0.494 e. The molecule has 2 aliphatic heterocycles. The van der Waals surface area contributed by atoms with Gasteiger partial charge in [-0.05, 0) is 42.3 Å². The molecular weight excluding hydrogens is 396 g/mol. The SMILES string of the molecule is CCCOc1ccc(C2C(C#N)=C(N)Oc3n[nH]c(-c4ccc5c(c4)OCO5)c32)cc1.